The number of aryl methyl sites for hydroxylation is 1. The molecule has 0 saturated carbocycles. The van der Waals surface area contributed by atoms with Crippen LogP contribution in [0.15, 0.2) is 16.5 Å². The van der Waals surface area contributed by atoms with E-state index in [1.54, 1.807) is 0 Å². The van der Waals surface area contributed by atoms with Crippen molar-refractivity contribution in [1.29, 1.82) is 0 Å². The zero-order valence-corrected chi connectivity index (χ0v) is 11.5. The van der Waals surface area contributed by atoms with Gasteiger partial charge in [-0.1, -0.05) is 13.8 Å². The summed E-state index contributed by atoms with van der Waals surface area (Å²) in [5.74, 6) is 2.67. The lowest BCUT2D eigenvalue weighted by Gasteiger charge is -2.12. The van der Waals surface area contributed by atoms with Crippen molar-refractivity contribution < 1.29 is 9.15 Å². The molecule has 0 bridgehead atoms. The minimum absolute atomic E-state index is 0.248. The number of ether oxygens (including phenoxy) is 1. The summed E-state index contributed by atoms with van der Waals surface area (Å²) in [5.41, 5.74) is 0. The van der Waals surface area contributed by atoms with Crippen molar-refractivity contribution in [1.82, 2.24) is 5.32 Å². The van der Waals surface area contributed by atoms with Crippen LogP contribution in [-0.2, 0) is 4.74 Å². The van der Waals surface area contributed by atoms with Crippen LogP contribution in [-0.4, -0.2) is 19.8 Å². The largest absolute Gasteiger partial charge is 0.465 e. The van der Waals surface area contributed by atoms with E-state index in [4.69, 9.17) is 9.15 Å². The van der Waals surface area contributed by atoms with Gasteiger partial charge in [-0.15, -0.1) is 0 Å². The molecule has 0 spiro atoms. The molecule has 0 amide bonds. The third-order valence-electron chi connectivity index (χ3n) is 2.72. The fourth-order valence-electron chi connectivity index (χ4n) is 1.56. The highest BCUT2D eigenvalue weighted by molar-refractivity contribution is 5.08. The second-order valence-corrected chi connectivity index (χ2v) is 4.92. The summed E-state index contributed by atoms with van der Waals surface area (Å²) in [6, 6.07) is 4.26. The SMILES string of the molecule is Cc1ccc(C(C)NCCOCCC(C)C)o1. The minimum Gasteiger partial charge on any atom is -0.465 e. The van der Waals surface area contributed by atoms with E-state index in [0.29, 0.717) is 5.92 Å². The second kappa shape index (κ2) is 7.51. The van der Waals surface area contributed by atoms with Crippen molar-refractivity contribution in [2.24, 2.45) is 5.92 Å². The van der Waals surface area contributed by atoms with Crippen molar-refractivity contribution >= 4 is 0 Å². The highest BCUT2D eigenvalue weighted by atomic mass is 16.5. The maximum Gasteiger partial charge on any atom is 0.120 e. The standard InChI is InChI=1S/C14H25NO2/c1-11(2)7-9-16-10-8-15-13(4)14-6-5-12(3)17-14/h5-6,11,13,15H,7-10H2,1-4H3. The van der Waals surface area contributed by atoms with E-state index in [0.717, 1.165) is 37.7 Å². The van der Waals surface area contributed by atoms with Crippen LogP contribution < -0.4 is 5.32 Å². The highest BCUT2D eigenvalue weighted by Crippen LogP contribution is 2.14. The third kappa shape index (κ3) is 5.89. The molecule has 1 atom stereocenters. The van der Waals surface area contributed by atoms with E-state index in [9.17, 15) is 0 Å². The summed E-state index contributed by atoms with van der Waals surface area (Å²) in [6.07, 6.45) is 1.13. The van der Waals surface area contributed by atoms with E-state index >= 15 is 0 Å². The first-order valence-electron chi connectivity index (χ1n) is 6.47. The van der Waals surface area contributed by atoms with Crippen LogP contribution in [0.25, 0.3) is 0 Å². The smallest absolute Gasteiger partial charge is 0.120 e. The molecule has 1 aromatic rings. The molecular formula is C14H25NO2. The van der Waals surface area contributed by atoms with Gasteiger partial charge in [0.05, 0.1) is 12.6 Å². The molecule has 0 aliphatic carbocycles. The molecule has 0 saturated heterocycles. The van der Waals surface area contributed by atoms with Crippen molar-refractivity contribution in [3.05, 3.63) is 23.7 Å². The molecule has 1 heterocycles. The average molecular weight is 239 g/mol. The third-order valence-corrected chi connectivity index (χ3v) is 2.72. The average Bonchev–Trinajstić information content (AvgIpc) is 2.69. The van der Waals surface area contributed by atoms with E-state index in [1.807, 2.05) is 19.1 Å². The van der Waals surface area contributed by atoms with Crippen molar-refractivity contribution in [3.8, 4) is 0 Å². The molecular weight excluding hydrogens is 214 g/mol. The Morgan fingerprint density at radius 1 is 1.24 bits per heavy atom. The molecule has 3 heteroatoms. The number of furan rings is 1. The van der Waals surface area contributed by atoms with Gasteiger partial charge in [0.25, 0.3) is 0 Å². The fraction of sp³-hybridized carbons (Fsp3) is 0.714. The molecule has 1 aromatic heterocycles. The number of nitrogens with one attached hydrogen (secondary N) is 1. The first kappa shape index (κ1) is 14.3. The maximum absolute atomic E-state index is 5.55. The second-order valence-electron chi connectivity index (χ2n) is 4.92. The molecule has 1 unspecified atom stereocenters. The van der Waals surface area contributed by atoms with Gasteiger partial charge in [0.15, 0.2) is 0 Å². The summed E-state index contributed by atoms with van der Waals surface area (Å²) in [4.78, 5) is 0. The molecule has 0 aliphatic rings. The quantitative estimate of drug-likeness (QED) is 0.707. The fourth-order valence-corrected chi connectivity index (χ4v) is 1.56. The topological polar surface area (TPSA) is 34.4 Å². The van der Waals surface area contributed by atoms with Crippen LogP contribution in [0.2, 0.25) is 0 Å². The van der Waals surface area contributed by atoms with Gasteiger partial charge in [0, 0.05) is 13.2 Å². The summed E-state index contributed by atoms with van der Waals surface area (Å²) in [6.45, 7) is 11.0. The Hall–Kier alpha value is -0.800. The van der Waals surface area contributed by atoms with Gasteiger partial charge >= 0.3 is 0 Å². The van der Waals surface area contributed by atoms with Crippen molar-refractivity contribution in [3.63, 3.8) is 0 Å². The van der Waals surface area contributed by atoms with Crippen LogP contribution in [0.5, 0.6) is 0 Å². The Kier molecular flexibility index (Phi) is 6.30. The van der Waals surface area contributed by atoms with E-state index in [2.05, 4.69) is 26.1 Å². The van der Waals surface area contributed by atoms with Gasteiger partial charge in [-0.3, -0.25) is 0 Å². The van der Waals surface area contributed by atoms with Gasteiger partial charge in [-0.05, 0) is 38.3 Å². The van der Waals surface area contributed by atoms with Crippen molar-refractivity contribution in [2.75, 3.05) is 19.8 Å². The maximum atomic E-state index is 5.55. The van der Waals surface area contributed by atoms with Gasteiger partial charge in [-0.2, -0.15) is 0 Å². The normalized spacial score (nSPS) is 13.2. The van der Waals surface area contributed by atoms with E-state index in [-0.39, 0.29) is 6.04 Å². The zero-order valence-electron chi connectivity index (χ0n) is 11.5. The van der Waals surface area contributed by atoms with Crippen LogP contribution in [0.1, 0.15) is 44.8 Å². The number of hydrogen-bond acceptors (Lipinski definition) is 3. The van der Waals surface area contributed by atoms with Gasteiger partial charge in [0.1, 0.15) is 11.5 Å². The molecule has 0 fully saturated rings. The molecule has 98 valence electrons. The Morgan fingerprint density at radius 3 is 2.59 bits per heavy atom. The Balaban J connectivity index is 2.06. The monoisotopic (exact) mass is 239 g/mol. The molecule has 17 heavy (non-hydrogen) atoms. The first-order valence-corrected chi connectivity index (χ1v) is 6.47. The van der Waals surface area contributed by atoms with Gasteiger partial charge in [0.2, 0.25) is 0 Å². The number of rotatable bonds is 8. The Labute approximate surface area is 105 Å². The Bertz CT molecular complexity index is 307. The summed E-state index contributed by atoms with van der Waals surface area (Å²) in [7, 11) is 0. The van der Waals surface area contributed by atoms with Crippen molar-refractivity contribution in [2.45, 2.75) is 40.2 Å². The van der Waals surface area contributed by atoms with Crippen LogP contribution >= 0.6 is 0 Å². The first-order chi connectivity index (χ1) is 8.09. The lowest BCUT2D eigenvalue weighted by atomic mass is 10.1. The Morgan fingerprint density at radius 2 is 2.00 bits per heavy atom. The predicted octanol–water partition coefficient (Wildman–Crippen LogP) is 3.30. The van der Waals surface area contributed by atoms with E-state index in [1.165, 1.54) is 0 Å². The predicted molar refractivity (Wildman–Crippen MR) is 70.1 cm³/mol. The zero-order chi connectivity index (χ0) is 12.7. The lowest BCUT2D eigenvalue weighted by molar-refractivity contribution is 0.123. The number of hydrogen-bond donors (Lipinski definition) is 1. The lowest BCUT2D eigenvalue weighted by Crippen LogP contribution is -2.23. The highest BCUT2D eigenvalue weighted by Gasteiger charge is 2.07. The molecule has 3 nitrogen and oxygen atoms in total. The molecule has 1 N–H and O–H groups in total. The summed E-state index contributed by atoms with van der Waals surface area (Å²) >= 11 is 0. The van der Waals surface area contributed by atoms with Crippen LogP contribution in [0.4, 0.5) is 0 Å². The van der Waals surface area contributed by atoms with E-state index < -0.39 is 0 Å². The van der Waals surface area contributed by atoms with Crippen LogP contribution in [0, 0.1) is 12.8 Å². The molecule has 1 rings (SSSR count). The van der Waals surface area contributed by atoms with Gasteiger partial charge in [-0.25, -0.2) is 0 Å². The molecule has 0 aliphatic heterocycles. The molecule has 0 aromatic carbocycles. The summed E-state index contributed by atoms with van der Waals surface area (Å²) < 4.78 is 11.1. The van der Waals surface area contributed by atoms with Gasteiger partial charge < -0.3 is 14.5 Å². The van der Waals surface area contributed by atoms with Crippen LogP contribution in [0.3, 0.4) is 0 Å². The minimum atomic E-state index is 0.248. The summed E-state index contributed by atoms with van der Waals surface area (Å²) in [5, 5.41) is 3.38. The molecule has 0 radical (unpaired) electrons.